The quantitative estimate of drug-likeness (QED) is 0.394. The van der Waals surface area contributed by atoms with Gasteiger partial charge in [0.2, 0.25) is 5.78 Å². The van der Waals surface area contributed by atoms with Gasteiger partial charge in [0.1, 0.15) is 0 Å². The molecule has 1 aliphatic rings. The van der Waals surface area contributed by atoms with Crippen LogP contribution >= 0.6 is 22.7 Å². The number of aromatic nitrogens is 1. The Labute approximate surface area is 182 Å². The average Bonchev–Trinajstić information content (AvgIpc) is 3.48. The van der Waals surface area contributed by atoms with Gasteiger partial charge in [0, 0.05) is 24.6 Å². The average molecular weight is 433 g/mol. The van der Waals surface area contributed by atoms with Crippen molar-refractivity contribution in [3.05, 3.63) is 87.1 Å². The van der Waals surface area contributed by atoms with Gasteiger partial charge in [0.05, 0.1) is 25.7 Å². The number of rotatable bonds is 4. The SMILES string of the molecule is O=C(c1cccs1)c1ccccc1C(=O)N1CCC[C@H](c2nc3ccccc3s2)C1. The van der Waals surface area contributed by atoms with Crippen LogP contribution in [0, 0.1) is 0 Å². The molecule has 2 aromatic carbocycles. The number of ketones is 1. The molecule has 2 aromatic heterocycles. The van der Waals surface area contributed by atoms with E-state index in [0.717, 1.165) is 23.4 Å². The van der Waals surface area contributed by atoms with E-state index in [0.29, 0.717) is 29.1 Å². The van der Waals surface area contributed by atoms with Crippen LogP contribution in [0.3, 0.4) is 0 Å². The van der Waals surface area contributed by atoms with Crippen LogP contribution in [-0.2, 0) is 0 Å². The number of thiazole rings is 1. The van der Waals surface area contributed by atoms with E-state index in [1.807, 2.05) is 46.7 Å². The second-order valence-electron chi connectivity index (χ2n) is 7.46. The van der Waals surface area contributed by atoms with Crippen molar-refractivity contribution in [1.82, 2.24) is 9.88 Å². The second-order valence-corrected chi connectivity index (χ2v) is 9.47. The summed E-state index contributed by atoms with van der Waals surface area (Å²) in [5.41, 5.74) is 1.99. The molecule has 0 N–H and O–H groups in total. The van der Waals surface area contributed by atoms with Crippen LogP contribution in [0.1, 0.15) is 49.4 Å². The lowest BCUT2D eigenvalue weighted by molar-refractivity contribution is 0.0703. The first-order valence-corrected chi connectivity index (χ1v) is 11.7. The van der Waals surface area contributed by atoms with Gasteiger partial charge in [-0.2, -0.15) is 0 Å². The van der Waals surface area contributed by atoms with E-state index in [4.69, 9.17) is 4.98 Å². The summed E-state index contributed by atoms with van der Waals surface area (Å²) < 4.78 is 1.18. The molecular weight excluding hydrogens is 412 g/mol. The van der Waals surface area contributed by atoms with Crippen molar-refractivity contribution in [2.24, 2.45) is 0 Å². The molecule has 6 heteroatoms. The highest BCUT2D eigenvalue weighted by molar-refractivity contribution is 7.18. The maximum atomic E-state index is 13.4. The molecule has 30 heavy (non-hydrogen) atoms. The predicted octanol–water partition coefficient (Wildman–Crippen LogP) is 5.61. The van der Waals surface area contributed by atoms with Crippen LogP contribution in [0.5, 0.6) is 0 Å². The van der Waals surface area contributed by atoms with E-state index in [1.165, 1.54) is 16.0 Å². The molecule has 0 aliphatic carbocycles. The summed E-state index contributed by atoms with van der Waals surface area (Å²) in [5, 5.41) is 2.97. The number of carbonyl (C=O) groups is 2. The summed E-state index contributed by atoms with van der Waals surface area (Å²) in [7, 11) is 0. The Kier molecular flexibility index (Phi) is 5.19. The summed E-state index contributed by atoms with van der Waals surface area (Å²) in [5.74, 6) is 0.0789. The number of fused-ring (bicyclic) bond motifs is 1. The van der Waals surface area contributed by atoms with E-state index >= 15 is 0 Å². The monoisotopic (exact) mass is 432 g/mol. The molecular formula is C24H20N2O2S2. The van der Waals surface area contributed by atoms with Gasteiger partial charge < -0.3 is 4.90 Å². The van der Waals surface area contributed by atoms with Crippen LogP contribution in [0.15, 0.2) is 66.0 Å². The molecule has 0 unspecified atom stereocenters. The van der Waals surface area contributed by atoms with Gasteiger partial charge in [0.25, 0.3) is 5.91 Å². The highest BCUT2D eigenvalue weighted by atomic mass is 32.1. The Balaban J connectivity index is 1.41. The standard InChI is InChI=1S/C24H20N2O2S2/c27-22(21-12-6-14-29-21)17-8-1-2-9-18(17)24(28)26-13-5-7-16(15-26)23-25-19-10-3-4-11-20(19)30-23/h1-4,6,8-12,14,16H,5,7,13,15H2/t16-/m0/s1. The molecule has 1 saturated heterocycles. The smallest absolute Gasteiger partial charge is 0.254 e. The second kappa shape index (κ2) is 8.13. The van der Waals surface area contributed by atoms with Crippen molar-refractivity contribution in [3.63, 3.8) is 0 Å². The van der Waals surface area contributed by atoms with Crippen LogP contribution in [-0.4, -0.2) is 34.7 Å². The zero-order chi connectivity index (χ0) is 20.5. The predicted molar refractivity (Wildman–Crippen MR) is 122 cm³/mol. The number of piperidine rings is 1. The van der Waals surface area contributed by atoms with Crippen LogP contribution in [0.25, 0.3) is 10.2 Å². The van der Waals surface area contributed by atoms with Crippen LogP contribution in [0.4, 0.5) is 0 Å². The first kappa shape index (κ1) is 19.2. The van der Waals surface area contributed by atoms with E-state index in [-0.39, 0.29) is 17.6 Å². The third-order valence-corrected chi connectivity index (χ3v) is 7.58. The number of benzene rings is 2. The lowest BCUT2D eigenvalue weighted by Gasteiger charge is -2.32. The number of thiophene rings is 1. The molecule has 1 aliphatic heterocycles. The number of likely N-dealkylation sites (tertiary alicyclic amines) is 1. The highest BCUT2D eigenvalue weighted by Crippen LogP contribution is 2.33. The Hall–Kier alpha value is -2.83. The topological polar surface area (TPSA) is 50.3 Å². The normalized spacial score (nSPS) is 16.7. The highest BCUT2D eigenvalue weighted by Gasteiger charge is 2.29. The fourth-order valence-corrected chi connectivity index (χ4v) is 5.78. The lowest BCUT2D eigenvalue weighted by Crippen LogP contribution is -2.39. The maximum Gasteiger partial charge on any atom is 0.254 e. The Morgan fingerprint density at radius 2 is 1.77 bits per heavy atom. The molecule has 150 valence electrons. The fraction of sp³-hybridized carbons (Fsp3) is 0.208. The van der Waals surface area contributed by atoms with E-state index in [2.05, 4.69) is 6.07 Å². The Bertz CT molecular complexity index is 1180. The third kappa shape index (κ3) is 3.57. The summed E-state index contributed by atoms with van der Waals surface area (Å²) in [6, 6.07) is 19.0. The van der Waals surface area contributed by atoms with E-state index < -0.39 is 0 Å². The molecule has 1 atom stereocenters. The first-order valence-electron chi connectivity index (χ1n) is 10.0. The summed E-state index contributed by atoms with van der Waals surface area (Å²) in [4.78, 5) is 33.7. The van der Waals surface area contributed by atoms with Crippen molar-refractivity contribution in [3.8, 4) is 0 Å². The minimum absolute atomic E-state index is 0.0682. The zero-order valence-electron chi connectivity index (χ0n) is 16.3. The van der Waals surface area contributed by atoms with Crippen molar-refractivity contribution in [1.29, 1.82) is 0 Å². The summed E-state index contributed by atoms with van der Waals surface area (Å²) in [6.45, 7) is 1.35. The van der Waals surface area contributed by atoms with Crippen molar-refractivity contribution >= 4 is 44.6 Å². The molecule has 1 amide bonds. The molecule has 0 spiro atoms. The van der Waals surface area contributed by atoms with Crippen molar-refractivity contribution in [2.75, 3.05) is 13.1 Å². The number of hydrogen-bond acceptors (Lipinski definition) is 5. The molecule has 4 aromatic rings. The molecule has 3 heterocycles. The van der Waals surface area contributed by atoms with Gasteiger partial charge >= 0.3 is 0 Å². The maximum absolute atomic E-state index is 13.4. The van der Waals surface area contributed by atoms with Gasteiger partial charge in [0.15, 0.2) is 0 Å². The molecule has 4 nitrogen and oxygen atoms in total. The minimum atomic E-state index is -0.0892. The van der Waals surface area contributed by atoms with E-state index in [1.54, 1.807) is 29.5 Å². The van der Waals surface area contributed by atoms with Crippen molar-refractivity contribution in [2.45, 2.75) is 18.8 Å². The number of para-hydroxylation sites is 1. The molecule has 5 rings (SSSR count). The number of carbonyl (C=O) groups excluding carboxylic acids is 2. The zero-order valence-corrected chi connectivity index (χ0v) is 17.9. The lowest BCUT2D eigenvalue weighted by atomic mass is 9.96. The number of nitrogens with zero attached hydrogens (tertiary/aromatic N) is 2. The molecule has 1 fully saturated rings. The van der Waals surface area contributed by atoms with Gasteiger partial charge in [-0.15, -0.1) is 22.7 Å². The number of hydrogen-bond donors (Lipinski definition) is 0. The molecule has 0 saturated carbocycles. The Morgan fingerprint density at radius 3 is 2.57 bits per heavy atom. The van der Waals surface area contributed by atoms with Crippen LogP contribution in [0.2, 0.25) is 0 Å². The summed E-state index contributed by atoms with van der Waals surface area (Å²) >= 11 is 3.12. The summed E-state index contributed by atoms with van der Waals surface area (Å²) in [6.07, 6.45) is 1.97. The van der Waals surface area contributed by atoms with E-state index in [9.17, 15) is 9.59 Å². The van der Waals surface area contributed by atoms with Crippen LogP contribution < -0.4 is 0 Å². The Morgan fingerprint density at radius 1 is 0.967 bits per heavy atom. The first-order chi connectivity index (χ1) is 14.7. The van der Waals surface area contributed by atoms with Gasteiger partial charge in [-0.05, 0) is 42.5 Å². The largest absolute Gasteiger partial charge is 0.338 e. The number of amides is 1. The fourth-order valence-electron chi connectivity index (χ4n) is 4.01. The molecule has 0 radical (unpaired) electrons. The van der Waals surface area contributed by atoms with Gasteiger partial charge in [-0.3, -0.25) is 9.59 Å². The van der Waals surface area contributed by atoms with Gasteiger partial charge in [-0.1, -0.05) is 36.4 Å². The third-order valence-electron chi connectivity index (χ3n) is 5.52. The van der Waals surface area contributed by atoms with Gasteiger partial charge in [-0.25, -0.2) is 4.98 Å². The minimum Gasteiger partial charge on any atom is -0.338 e. The molecule has 0 bridgehead atoms. The van der Waals surface area contributed by atoms with Crippen molar-refractivity contribution < 1.29 is 9.59 Å².